The third kappa shape index (κ3) is 3.28. The van der Waals surface area contributed by atoms with Crippen LogP contribution in [-0.4, -0.2) is 37.1 Å². The Bertz CT molecular complexity index is 932. The van der Waals surface area contributed by atoms with Crippen molar-refractivity contribution < 1.29 is 9.53 Å². The molecule has 0 fully saturated rings. The molecule has 0 saturated heterocycles. The highest BCUT2D eigenvalue weighted by molar-refractivity contribution is 5.75. The Balaban J connectivity index is 1.99. The molecule has 2 heterocycles. The molecule has 0 unspecified atom stereocenters. The molecule has 0 spiro atoms. The highest BCUT2D eigenvalue weighted by atomic mass is 16.5. The van der Waals surface area contributed by atoms with E-state index in [1.165, 1.54) is 10.9 Å². The molecule has 8 heteroatoms. The molecule has 1 atom stereocenters. The molecule has 0 aliphatic rings. The van der Waals surface area contributed by atoms with Crippen molar-refractivity contribution in [1.82, 2.24) is 24.5 Å². The summed E-state index contributed by atoms with van der Waals surface area (Å²) in [4.78, 5) is 29.1. The van der Waals surface area contributed by atoms with Gasteiger partial charge in [0.1, 0.15) is 12.4 Å². The lowest BCUT2D eigenvalue weighted by Crippen LogP contribution is -2.31. The number of benzene rings is 1. The Labute approximate surface area is 144 Å². The number of esters is 1. The number of carbonyl (C=O) groups excluding carboxylic acids is 1. The molecule has 0 radical (unpaired) electrons. The molecule has 25 heavy (non-hydrogen) atoms. The number of hydrogen-bond donors (Lipinski definition) is 0. The fraction of sp³-hybridized carbons (Fsp3) is 0.353. The van der Waals surface area contributed by atoms with E-state index in [1.807, 2.05) is 37.3 Å². The molecule has 0 aliphatic carbocycles. The van der Waals surface area contributed by atoms with E-state index in [2.05, 4.69) is 15.3 Å². The normalized spacial score (nSPS) is 12.2. The van der Waals surface area contributed by atoms with Gasteiger partial charge >= 0.3 is 5.97 Å². The van der Waals surface area contributed by atoms with Crippen LogP contribution in [0.15, 0.2) is 41.5 Å². The van der Waals surface area contributed by atoms with Crippen molar-refractivity contribution >= 4 is 17.1 Å². The minimum absolute atomic E-state index is 0.140. The van der Waals surface area contributed by atoms with Crippen LogP contribution in [0.1, 0.15) is 31.9 Å². The summed E-state index contributed by atoms with van der Waals surface area (Å²) in [6, 6.07) is 8.99. The monoisotopic (exact) mass is 341 g/mol. The van der Waals surface area contributed by atoms with Crippen molar-refractivity contribution in [3.8, 4) is 0 Å². The quantitative estimate of drug-likeness (QED) is 0.632. The number of hydrogen-bond acceptors (Lipinski definition) is 6. The van der Waals surface area contributed by atoms with Crippen LogP contribution < -0.4 is 5.56 Å². The van der Waals surface area contributed by atoms with Gasteiger partial charge in [-0.15, -0.1) is 5.10 Å². The molecule has 0 N–H and O–H groups in total. The standard InChI is InChI=1S/C17H19N5O3/c1-3-13(17(24)25-4-2)21-11-18-15-14(16(21)23)19-20-22(15)10-12-8-6-5-7-9-12/h5-9,11,13H,3-4,10H2,1-2H3/t13-/m0/s1. The summed E-state index contributed by atoms with van der Waals surface area (Å²) < 4.78 is 7.87. The topological polar surface area (TPSA) is 91.9 Å². The number of aromatic nitrogens is 5. The fourth-order valence-electron chi connectivity index (χ4n) is 2.67. The Hall–Kier alpha value is -3.03. The molecule has 130 valence electrons. The zero-order valence-electron chi connectivity index (χ0n) is 14.1. The summed E-state index contributed by atoms with van der Waals surface area (Å²) in [6.45, 7) is 4.25. The highest BCUT2D eigenvalue weighted by Crippen LogP contribution is 2.13. The van der Waals surface area contributed by atoms with E-state index in [9.17, 15) is 9.59 Å². The molecule has 3 aromatic rings. The maximum Gasteiger partial charge on any atom is 0.329 e. The lowest BCUT2D eigenvalue weighted by molar-refractivity contribution is -0.147. The summed E-state index contributed by atoms with van der Waals surface area (Å²) in [5, 5.41) is 8.00. The summed E-state index contributed by atoms with van der Waals surface area (Å²) >= 11 is 0. The molecule has 3 rings (SSSR count). The van der Waals surface area contributed by atoms with Crippen molar-refractivity contribution in [3.05, 3.63) is 52.6 Å². The second-order valence-corrected chi connectivity index (χ2v) is 5.54. The second-order valence-electron chi connectivity index (χ2n) is 5.54. The van der Waals surface area contributed by atoms with Crippen LogP contribution in [0, 0.1) is 0 Å². The van der Waals surface area contributed by atoms with Gasteiger partial charge in [0.15, 0.2) is 11.2 Å². The average Bonchev–Trinajstić information content (AvgIpc) is 3.02. The van der Waals surface area contributed by atoms with Gasteiger partial charge < -0.3 is 4.74 Å². The van der Waals surface area contributed by atoms with Crippen molar-refractivity contribution in [2.75, 3.05) is 6.61 Å². The third-order valence-electron chi connectivity index (χ3n) is 3.91. The summed E-state index contributed by atoms with van der Waals surface area (Å²) in [7, 11) is 0. The van der Waals surface area contributed by atoms with E-state index in [-0.39, 0.29) is 12.1 Å². The van der Waals surface area contributed by atoms with Crippen molar-refractivity contribution in [1.29, 1.82) is 0 Å². The lowest BCUT2D eigenvalue weighted by atomic mass is 10.2. The van der Waals surface area contributed by atoms with Crippen LogP contribution in [0.5, 0.6) is 0 Å². The Morgan fingerprint density at radius 2 is 2.00 bits per heavy atom. The van der Waals surface area contributed by atoms with Gasteiger partial charge in [0.25, 0.3) is 5.56 Å². The molecule has 1 aromatic carbocycles. The number of fused-ring (bicyclic) bond motifs is 1. The maximum atomic E-state index is 12.7. The van der Waals surface area contributed by atoms with E-state index in [4.69, 9.17) is 4.74 Å². The first kappa shape index (κ1) is 16.8. The molecule has 0 amide bonds. The molecule has 0 bridgehead atoms. The molecular formula is C17H19N5O3. The first-order valence-corrected chi connectivity index (χ1v) is 8.16. The van der Waals surface area contributed by atoms with Crippen molar-refractivity contribution in [3.63, 3.8) is 0 Å². The van der Waals surface area contributed by atoms with Crippen LogP contribution in [-0.2, 0) is 16.1 Å². The largest absolute Gasteiger partial charge is 0.464 e. The van der Waals surface area contributed by atoms with E-state index in [0.29, 0.717) is 18.6 Å². The van der Waals surface area contributed by atoms with Gasteiger partial charge in [-0.1, -0.05) is 42.5 Å². The van der Waals surface area contributed by atoms with Crippen LogP contribution in [0.25, 0.3) is 11.2 Å². The van der Waals surface area contributed by atoms with Gasteiger partial charge in [-0.2, -0.15) is 0 Å². The van der Waals surface area contributed by atoms with Crippen LogP contribution in [0.2, 0.25) is 0 Å². The zero-order chi connectivity index (χ0) is 17.8. The minimum atomic E-state index is -0.719. The number of ether oxygens (including phenoxy) is 1. The van der Waals surface area contributed by atoms with Gasteiger partial charge in [0, 0.05) is 0 Å². The lowest BCUT2D eigenvalue weighted by Gasteiger charge is -2.15. The zero-order valence-corrected chi connectivity index (χ0v) is 14.1. The minimum Gasteiger partial charge on any atom is -0.464 e. The Morgan fingerprint density at radius 3 is 2.68 bits per heavy atom. The first-order valence-electron chi connectivity index (χ1n) is 8.16. The summed E-state index contributed by atoms with van der Waals surface area (Å²) in [5.74, 6) is -0.454. The van der Waals surface area contributed by atoms with Crippen LogP contribution in [0.4, 0.5) is 0 Å². The van der Waals surface area contributed by atoms with Crippen molar-refractivity contribution in [2.45, 2.75) is 32.9 Å². The SMILES string of the molecule is CCOC(=O)[C@H](CC)n1cnc2c(nnn2Cc2ccccc2)c1=O. The van der Waals surface area contributed by atoms with E-state index < -0.39 is 17.6 Å². The predicted octanol–water partition coefficient (Wildman–Crippen LogP) is 1.55. The maximum absolute atomic E-state index is 12.7. The van der Waals surface area contributed by atoms with Gasteiger partial charge in [0.2, 0.25) is 0 Å². The summed E-state index contributed by atoms with van der Waals surface area (Å²) in [5.41, 5.74) is 1.16. The first-order chi connectivity index (χ1) is 12.2. The number of rotatable bonds is 6. The molecule has 8 nitrogen and oxygen atoms in total. The van der Waals surface area contributed by atoms with Gasteiger partial charge in [-0.3, -0.25) is 9.36 Å². The summed E-state index contributed by atoms with van der Waals surface area (Å²) in [6.07, 6.45) is 1.78. The second kappa shape index (κ2) is 7.25. The Kier molecular flexibility index (Phi) is 4.87. The Morgan fingerprint density at radius 1 is 1.24 bits per heavy atom. The van der Waals surface area contributed by atoms with Gasteiger partial charge in [-0.25, -0.2) is 14.5 Å². The van der Waals surface area contributed by atoms with Crippen LogP contribution >= 0.6 is 0 Å². The molecule has 2 aromatic heterocycles. The predicted molar refractivity (Wildman–Crippen MR) is 91.1 cm³/mol. The van der Waals surface area contributed by atoms with Crippen LogP contribution in [0.3, 0.4) is 0 Å². The number of nitrogens with zero attached hydrogens (tertiary/aromatic N) is 5. The molecule has 0 saturated carbocycles. The van der Waals surface area contributed by atoms with E-state index in [0.717, 1.165) is 5.56 Å². The van der Waals surface area contributed by atoms with E-state index in [1.54, 1.807) is 11.6 Å². The molecule has 0 aliphatic heterocycles. The fourth-order valence-corrected chi connectivity index (χ4v) is 2.67. The highest BCUT2D eigenvalue weighted by Gasteiger charge is 2.23. The van der Waals surface area contributed by atoms with Gasteiger partial charge in [0.05, 0.1) is 13.2 Å². The average molecular weight is 341 g/mol. The molecular weight excluding hydrogens is 322 g/mol. The third-order valence-corrected chi connectivity index (χ3v) is 3.91. The smallest absolute Gasteiger partial charge is 0.329 e. The van der Waals surface area contributed by atoms with Gasteiger partial charge in [-0.05, 0) is 18.9 Å². The number of carbonyl (C=O) groups is 1. The van der Waals surface area contributed by atoms with Crippen molar-refractivity contribution in [2.24, 2.45) is 0 Å². The van der Waals surface area contributed by atoms with E-state index >= 15 is 0 Å².